The summed E-state index contributed by atoms with van der Waals surface area (Å²) in [4.78, 5) is 0. The molecule has 0 aromatic heterocycles. The summed E-state index contributed by atoms with van der Waals surface area (Å²) in [6, 6.07) is 2.72. The number of hydrogen-bond acceptors (Lipinski definition) is 1. The Morgan fingerprint density at radius 3 is 2.05 bits per heavy atom. The third-order valence-corrected chi connectivity index (χ3v) is 4.24. The van der Waals surface area contributed by atoms with Crippen molar-refractivity contribution in [2.24, 2.45) is 5.41 Å². The molecule has 0 bridgehead atoms. The van der Waals surface area contributed by atoms with Crippen molar-refractivity contribution < 1.29 is 22.7 Å². The first-order valence-corrected chi connectivity index (χ1v) is 6.63. The van der Waals surface area contributed by atoms with Gasteiger partial charge in [0, 0.05) is 0 Å². The standard InChI is InChI=1S/C15H18F4O/c1-13(2)5-7-14(20,8-6-13)10-3-4-11(12(16)9-10)15(17,18)19/h3-4,9,20H,5-8H2,1-2H3. The van der Waals surface area contributed by atoms with Crippen LogP contribution in [-0.4, -0.2) is 5.11 Å². The first-order chi connectivity index (χ1) is 9.04. The molecule has 0 saturated heterocycles. The van der Waals surface area contributed by atoms with Gasteiger partial charge in [-0.3, -0.25) is 0 Å². The van der Waals surface area contributed by atoms with Crippen LogP contribution < -0.4 is 0 Å². The summed E-state index contributed by atoms with van der Waals surface area (Å²) < 4.78 is 51.1. The van der Waals surface area contributed by atoms with Crippen molar-refractivity contribution in [1.29, 1.82) is 0 Å². The summed E-state index contributed by atoms with van der Waals surface area (Å²) in [7, 11) is 0. The number of hydrogen-bond donors (Lipinski definition) is 1. The van der Waals surface area contributed by atoms with Crippen molar-refractivity contribution in [3.63, 3.8) is 0 Å². The molecule has 0 amide bonds. The number of benzene rings is 1. The molecule has 20 heavy (non-hydrogen) atoms. The monoisotopic (exact) mass is 290 g/mol. The summed E-state index contributed by atoms with van der Waals surface area (Å²) in [6.07, 6.45) is -2.33. The van der Waals surface area contributed by atoms with Crippen LogP contribution in [0.5, 0.6) is 0 Å². The molecule has 1 saturated carbocycles. The normalized spacial score (nSPS) is 21.8. The van der Waals surface area contributed by atoms with E-state index in [-0.39, 0.29) is 11.0 Å². The molecule has 1 aliphatic carbocycles. The number of halogens is 4. The fourth-order valence-electron chi connectivity index (χ4n) is 2.66. The first-order valence-electron chi connectivity index (χ1n) is 6.63. The minimum absolute atomic E-state index is 0.108. The van der Waals surface area contributed by atoms with E-state index in [1.165, 1.54) is 6.07 Å². The first kappa shape index (κ1) is 15.3. The molecule has 1 N–H and O–H groups in total. The molecule has 1 aromatic carbocycles. The maximum atomic E-state index is 13.6. The van der Waals surface area contributed by atoms with E-state index < -0.39 is 23.2 Å². The summed E-state index contributed by atoms with van der Waals surface area (Å²) in [6.45, 7) is 4.17. The van der Waals surface area contributed by atoms with Crippen LogP contribution in [0.15, 0.2) is 18.2 Å². The van der Waals surface area contributed by atoms with Crippen molar-refractivity contribution >= 4 is 0 Å². The molecule has 0 atom stereocenters. The van der Waals surface area contributed by atoms with Crippen LogP contribution in [0.3, 0.4) is 0 Å². The summed E-state index contributed by atoms with van der Waals surface area (Å²) >= 11 is 0. The van der Waals surface area contributed by atoms with Gasteiger partial charge >= 0.3 is 6.18 Å². The predicted molar refractivity (Wildman–Crippen MR) is 67.5 cm³/mol. The van der Waals surface area contributed by atoms with Crippen LogP contribution in [-0.2, 0) is 11.8 Å². The van der Waals surface area contributed by atoms with Crippen LogP contribution in [0.1, 0.15) is 50.7 Å². The SMILES string of the molecule is CC1(C)CCC(O)(c2ccc(C(F)(F)F)c(F)c2)CC1. The predicted octanol–water partition coefficient (Wildman–Crippen LogP) is 4.63. The molecule has 0 heterocycles. The van der Waals surface area contributed by atoms with Crippen molar-refractivity contribution in [1.82, 2.24) is 0 Å². The molecule has 1 nitrogen and oxygen atoms in total. The van der Waals surface area contributed by atoms with Gasteiger partial charge in [-0.1, -0.05) is 19.9 Å². The van der Waals surface area contributed by atoms with Gasteiger partial charge in [0.1, 0.15) is 5.82 Å². The lowest BCUT2D eigenvalue weighted by molar-refractivity contribution is -0.140. The molecule has 1 fully saturated rings. The molecule has 0 radical (unpaired) electrons. The highest BCUT2D eigenvalue weighted by Crippen LogP contribution is 2.45. The fraction of sp³-hybridized carbons (Fsp3) is 0.600. The van der Waals surface area contributed by atoms with Crippen LogP contribution in [0, 0.1) is 11.2 Å². The highest BCUT2D eigenvalue weighted by Gasteiger charge is 2.40. The van der Waals surface area contributed by atoms with Crippen molar-refractivity contribution in [3.05, 3.63) is 35.1 Å². The Bertz CT molecular complexity index is 495. The number of alkyl halides is 3. The molecule has 0 unspecified atom stereocenters. The molecule has 2 rings (SSSR count). The van der Waals surface area contributed by atoms with Gasteiger partial charge in [0.25, 0.3) is 0 Å². The maximum absolute atomic E-state index is 13.6. The van der Waals surface area contributed by atoms with Gasteiger partial charge in [-0.2, -0.15) is 13.2 Å². The summed E-state index contributed by atoms with van der Waals surface area (Å²) in [5.74, 6) is -1.33. The zero-order valence-corrected chi connectivity index (χ0v) is 11.5. The zero-order chi connectivity index (χ0) is 15.2. The van der Waals surface area contributed by atoms with Crippen LogP contribution in [0.25, 0.3) is 0 Å². The Balaban J connectivity index is 2.28. The largest absolute Gasteiger partial charge is 0.419 e. The lowest BCUT2D eigenvalue weighted by Gasteiger charge is -2.40. The van der Waals surface area contributed by atoms with E-state index in [1.54, 1.807) is 0 Å². The second kappa shape index (κ2) is 4.72. The highest BCUT2D eigenvalue weighted by atomic mass is 19.4. The van der Waals surface area contributed by atoms with Crippen molar-refractivity contribution in [2.75, 3.05) is 0 Å². The molecule has 112 valence electrons. The van der Waals surface area contributed by atoms with E-state index in [2.05, 4.69) is 13.8 Å². The van der Waals surface area contributed by atoms with Gasteiger partial charge < -0.3 is 5.11 Å². The van der Waals surface area contributed by atoms with Crippen LogP contribution >= 0.6 is 0 Å². The second-order valence-corrected chi connectivity index (χ2v) is 6.39. The Morgan fingerprint density at radius 1 is 1.05 bits per heavy atom. The fourth-order valence-corrected chi connectivity index (χ4v) is 2.66. The Morgan fingerprint density at radius 2 is 1.60 bits per heavy atom. The lowest BCUT2D eigenvalue weighted by atomic mass is 9.69. The van der Waals surface area contributed by atoms with E-state index in [1.807, 2.05) is 0 Å². The average Bonchev–Trinajstić information content (AvgIpc) is 2.32. The number of aliphatic hydroxyl groups is 1. The van der Waals surface area contributed by atoms with E-state index in [4.69, 9.17) is 0 Å². The van der Waals surface area contributed by atoms with Gasteiger partial charge in [0.2, 0.25) is 0 Å². The van der Waals surface area contributed by atoms with E-state index in [9.17, 15) is 22.7 Å². The molecule has 1 aliphatic rings. The second-order valence-electron chi connectivity index (χ2n) is 6.39. The minimum Gasteiger partial charge on any atom is -0.385 e. The summed E-state index contributed by atoms with van der Waals surface area (Å²) in [5, 5.41) is 10.5. The van der Waals surface area contributed by atoms with Gasteiger partial charge in [-0.25, -0.2) is 4.39 Å². The molecule has 0 aliphatic heterocycles. The topological polar surface area (TPSA) is 20.2 Å². The Hall–Kier alpha value is -1.10. The van der Waals surface area contributed by atoms with Gasteiger partial charge in [0.05, 0.1) is 11.2 Å². The van der Waals surface area contributed by atoms with Crippen LogP contribution in [0.2, 0.25) is 0 Å². The van der Waals surface area contributed by atoms with Crippen molar-refractivity contribution in [2.45, 2.75) is 51.3 Å². The quantitative estimate of drug-likeness (QED) is 0.747. The maximum Gasteiger partial charge on any atom is 0.419 e. The van der Waals surface area contributed by atoms with Gasteiger partial charge in [0.15, 0.2) is 0 Å². The molecular formula is C15H18F4O. The third-order valence-electron chi connectivity index (χ3n) is 4.24. The third kappa shape index (κ3) is 2.97. The molecule has 1 aromatic rings. The molecular weight excluding hydrogens is 272 g/mol. The number of rotatable bonds is 1. The zero-order valence-electron chi connectivity index (χ0n) is 11.5. The Labute approximate surface area is 115 Å². The average molecular weight is 290 g/mol. The smallest absolute Gasteiger partial charge is 0.385 e. The van der Waals surface area contributed by atoms with E-state index in [0.29, 0.717) is 18.9 Å². The van der Waals surface area contributed by atoms with E-state index in [0.717, 1.165) is 18.9 Å². The Kier molecular flexibility index (Phi) is 3.61. The van der Waals surface area contributed by atoms with Gasteiger partial charge in [-0.05, 0) is 48.8 Å². The molecule has 0 spiro atoms. The van der Waals surface area contributed by atoms with Crippen molar-refractivity contribution in [3.8, 4) is 0 Å². The van der Waals surface area contributed by atoms with E-state index >= 15 is 0 Å². The molecule has 5 heteroatoms. The van der Waals surface area contributed by atoms with Gasteiger partial charge in [-0.15, -0.1) is 0 Å². The van der Waals surface area contributed by atoms with Crippen LogP contribution in [0.4, 0.5) is 17.6 Å². The summed E-state index contributed by atoms with van der Waals surface area (Å²) in [5.41, 5.74) is -2.17. The lowest BCUT2D eigenvalue weighted by Crippen LogP contribution is -2.34. The minimum atomic E-state index is -4.71. The highest BCUT2D eigenvalue weighted by molar-refractivity contribution is 5.30.